The molecule has 0 fully saturated rings. The van der Waals surface area contributed by atoms with Crippen molar-refractivity contribution in [2.24, 2.45) is 11.1 Å². The van der Waals surface area contributed by atoms with E-state index < -0.39 is 27.9 Å². The van der Waals surface area contributed by atoms with Gasteiger partial charge in [-0.2, -0.15) is 0 Å². The van der Waals surface area contributed by atoms with Crippen molar-refractivity contribution in [2.75, 3.05) is 5.32 Å². The molecule has 4 N–H and O–H groups in total. The molecular weight excluding hydrogens is 437 g/mol. The first-order valence-corrected chi connectivity index (χ1v) is 11.0. The molecule has 0 aliphatic heterocycles. The zero-order valence-electron chi connectivity index (χ0n) is 15.8. The Kier molecular flexibility index (Phi) is 7.65. The normalized spacial score (nSPS) is 12.5. The molecule has 0 saturated carbocycles. The molecule has 1 atom stereocenters. The molecule has 0 saturated heterocycles. The smallest absolute Gasteiger partial charge is 0.253 e. The number of hydrogen-bond donors (Lipinski definition) is 3. The van der Waals surface area contributed by atoms with E-state index in [4.69, 9.17) is 28.3 Å². The number of primary sulfonamides is 1. The molecule has 0 aromatic heterocycles. The molecule has 2 amide bonds. The SMILES string of the molecule is CC(C)C[C@H](NC(=O)c1ccc(Cl)cc1Cl)C(=O)Nc1ccc(S(N)(=O)=O)cc1. The van der Waals surface area contributed by atoms with E-state index in [0.717, 1.165) is 0 Å². The van der Waals surface area contributed by atoms with Crippen LogP contribution in [0.25, 0.3) is 0 Å². The fourth-order valence-electron chi connectivity index (χ4n) is 2.57. The van der Waals surface area contributed by atoms with Gasteiger partial charge >= 0.3 is 0 Å². The van der Waals surface area contributed by atoms with Gasteiger partial charge in [-0.05, 0) is 54.8 Å². The molecular formula is C19H21Cl2N3O4S. The number of carbonyl (C=O) groups excluding carboxylic acids is 2. The van der Waals surface area contributed by atoms with Crippen molar-refractivity contribution < 1.29 is 18.0 Å². The second-order valence-electron chi connectivity index (χ2n) is 6.84. The zero-order valence-corrected chi connectivity index (χ0v) is 18.1. The van der Waals surface area contributed by atoms with Crippen molar-refractivity contribution in [2.45, 2.75) is 31.2 Å². The predicted octanol–water partition coefficient (Wildman–Crippen LogP) is 3.42. The molecule has 2 aromatic carbocycles. The molecule has 2 aromatic rings. The summed E-state index contributed by atoms with van der Waals surface area (Å²) in [5.41, 5.74) is 0.574. The molecule has 10 heteroatoms. The summed E-state index contributed by atoms with van der Waals surface area (Å²) in [7, 11) is -3.83. The summed E-state index contributed by atoms with van der Waals surface area (Å²) in [5, 5.41) is 11.0. The first kappa shape index (κ1) is 23.2. The Morgan fingerprint density at radius 2 is 1.69 bits per heavy atom. The second-order valence-corrected chi connectivity index (χ2v) is 9.24. The van der Waals surface area contributed by atoms with Crippen molar-refractivity contribution in [1.82, 2.24) is 5.32 Å². The van der Waals surface area contributed by atoms with Gasteiger partial charge in [0.25, 0.3) is 5.91 Å². The van der Waals surface area contributed by atoms with Crippen LogP contribution in [0.1, 0.15) is 30.6 Å². The van der Waals surface area contributed by atoms with Crippen LogP contribution in [-0.4, -0.2) is 26.3 Å². The largest absolute Gasteiger partial charge is 0.340 e. The number of rotatable bonds is 7. The molecule has 0 unspecified atom stereocenters. The minimum absolute atomic E-state index is 0.0695. The number of hydrogen-bond acceptors (Lipinski definition) is 4. The Balaban J connectivity index is 2.16. The maximum absolute atomic E-state index is 12.7. The standard InChI is InChI=1S/C19H21Cl2N3O4S/c1-11(2)9-17(24-18(25)15-8-3-12(20)10-16(15)21)19(26)23-13-4-6-14(7-5-13)29(22,27)28/h3-8,10-11,17H,9H2,1-2H3,(H,23,26)(H,24,25)(H2,22,27,28)/t17-/m0/s1. The fourth-order valence-corrected chi connectivity index (χ4v) is 3.58. The van der Waals surface area contributed by atoms with Gasteiger partial charge in [0.15, 0.2) is 0 Å². The van der Waals surface area contributed by atoms with Gasteiger partial charge in [-0.1, -0.05) is 37.0 Å². The lowest BCUT2D eigenvalue weighted by molar-refractivity contribution is -0.118. The summed E-state index contributed by atoms with van der Waals surface area (Å²) in [4.78, 5) is 25.2. The average molecular weight is 458 g/mol. The molecule has 29 heavy (non-hydrogen) atoms. The number of halogens is 2. The van der Waals surface area contributed by atoms with Crippen LogP contribution >= 0.6 is 23.2 Å². The summed E-state index contributed by atoms with van der Waals surface area (Å²) in [5.74, 6) is -0.825. The quantitative estimate of drug-likeness (QED) is 0.589. The van der Waals surface area contributed by atoms with Gasteiger partial charge in [0.2, 0.25) is 15.9 Å². The van der Waals surface area contributed by atoms with E-state index >= 15 is 0 Å². The van der Waals surface area contributed by atoms with E-state index in [9.17, 15) is 18.0 Å². The molecule has 0 aliphatic carbocycles. The van der Waals surface area contributed by atoms with Crippen LogP contribution < -0.4 is 15.8 Å². The van der Waals surface area contributed by atoms with Crippen LogP contribution in [0.15, 0.2) is 47.4 Å². The Bertz CT molecular complexity index is 1010. The minimum atomic E-state index is -3.83. The van der Waals surface area contributed by atoms with E-state index in [2.05, 4.69) is 10.6 Å². The highest BCUT2D eigenvalue weighted by molar-refractivity contribution is 7.89. The van der Waals surface area contributed by atoms with Gasteiger partial charge in [-0.25, -0.2) is 13.6 Å². The van der Waals surface area contributed by atoms with Crippen molar-refractivity contribution in [3.63, 3.8) is 0 Å². The predicted molar refractivity (Wildman–Crippen MR) is 114 cm³/mol. The maximum Gasteiger partial charge on any atom is 0.253 e. The van der Waals surface area contributed by atoms with Crippen molar-refractivity contribution in [3.05, 3.63) is 58.1 Å². The molecule has 7 nitrogen and oxygen atoms in total. The van der Waals surface area contributed by atoms with E-state index in [1.807, 2.05) is 13.8 Å². The highest BCUT2D eigenvalue weighted by Crippen LogP contribution is 2.21. The first-order chi connectivity index (χ1) is 13.5. The number of benzene rings is 2. The van der Waals surface area contributed by atoms with Crippen molar-refractivity contribution in [3.8, 4) is 0 Å². The maximum atomic E-state index is 12.7. The van der Waals surface area contributed by atoms with Gasteiger partial charge in [0, 0.05) is 10.7 Å². The Hall–Kier alpha value is -2.13. The molecule has 0 aliphatic rings. The Labute approximate surface area is 179 Å². The lowest BCUT2D eigenvalue weighted by atomic mass is 10.0. The molecule has 0 bridgehead atoms. The number of sulfonamides is 1. The summed E-state index contributed by atoms with van der Waals surface area (Å²) in [6.07, 6.45) is 0.387. The topological polar surface area (TPSA) is 118 Å². The minimum Gasteiger partial charge on any atom is -0.340 e. The summed E-state index contributed by atoms with van der Waals surface area (Å²) < 4.78 is 22.6. The van der Waals surface area contributed by atoms with E-state index in [1.165, 1.54) is 42.5 Å². The second kappa shape index (κ2) is 9.58. The number of anilines is 1. The van der Waals surface area contributed by atoms with E-state index in [-0.39, 0.29) is 21.4 Å². The van der Waals surface area contributed by atoms with Crippen LogP contribution in [0.3, 0.4) is 0 Å². The zero-order chi connectivity index (χ0) is 21.8. The lowest BCUT2D eigenvalue weighted by Gasteiger charge is -2.20. The highest BCUT2D eigenvalue weighted by Gasteiger charge is 2.24. The molecule has 0 radical (unpaired) electrons. The third kappa shape index (κ3) is 6.71. The lowest BCUT2D eigenvalue weighted by Crippen LogP contribution is -2.44. The number of amides is 2. The molecule has 0 heterocycles. The average Bonchev–Trinajstić information content (AvgIpc) is 2.60. The molecule has 0 spiro atoms. The van der Waals surface area contributed by atoms with Gasteiger partial charge in [0.1, 0.15) is 6.04 Å². The summed E-state index contributed by atoms with van der Waals surface area (Å²) in [6.45, 7) is 3.84. The van der Waals surface area contributed by atoms with Gasteiger partial charge in [-0.3, -0.25) is 9.59 Å². The number of nitrogens with one attached hydrogen (secondary N) is 2. The van der Waals surface area contributed by atoms with Crippen LogP contribution in [0.5, 0.6) is 0 Å². The van der Waals surface area contributed by atoms with Crippen molar-refractivity contribution >= 4 is 50.7 Å². The number of nitrogens with two attached hydrogens (primary N) is 1. The van der Waals surface area contributed by atoms with Gasteiger partial charge in [0.05, 0.1) is 15.5 Å². The first-order valence-electron chi connectivity index (χ1n) is 8.67. The third-order valence-electron chi connectivity index (χ3n) is 3.96. The van der Waals surface area contributed by atoms with Crippen molar-refractivity contribution in [1.29, 1.82) is 0 Å². The van der Waals surface area contributed by atoms with Crippen LogP contribution in [0.4, 0.5) is 5.69 Å². The molecule has 156 valence electrons. The Morgan fingerprint density at radius 1 is 1.07 bits per heavy atom. The number of carbonyl (C=O) groups is 2. The monoisotopic (exact) mass is 457 g/mol. The van der Waals surface area contributed by atoms with E-state index in [1.54, 1.807) is 0 Å². The fraction of sp³-hybridized carbons (Fsp3) is 0.263. The third-order valence-corrected chi connectivity index (χ3v) is 5.43. The summed E-state index contributed by atoms with van der Waals surface area (Å²) in [6, 6.07) is 9.05. The van der Waals surface area contributed by atoms with E-state index in [0.29, 0.717) is 17.1 Å². The van der Waals surface area contributed by atoms with Crippen LogP contribution in [0.2, 0.25) is 10.0 Å². The highest BCUT2D eigenvalue weighted by atomic mass is 35.5. The van der Waals surface area contributed by atoms with Gasteiger partial charge < -0.3 is 10.6 Å². The van der Waals surface area contributed by atoms with Gasteiger partial charge in [-0.15, -0.1) is 0 Å². The summed E-state index contributed by atoms with van der Waals surface area (Å²) >= 11 is 11.9. The molecule has 2 rings (SSSR count). The van der Waals surface area contributed by atoms with Crippen LogP contribution in [0, 0.1) is 5.92 Å². The van der Waals surface area contributed by atoms with Crippen LogP contribution in [-0.2, 0) is 14.8 Å². The Morgan fingerprint density at radius 3 is 2.21 bits per heavy atom.